The summed E-state index contributed by atoms with van der Waals surface area (Å²) >= 11 is 0. The molecule has 1 aromatic carbocycles. The third-order valence-electron chi connectivity index (χ3n) is 3.02. The van der Waals surface area contributed by atoms with Gasteiger partial charge in [-0.05, 0) is 18.1 Å². The van der Waals surface area contributed by atoms with Crippen LogP contribution < -0.4 is 10.6 Å². The molecule has 1 heterocycles. The lowest BCUT2D eigenvalue weighted by Crippen LogP contribution is -2.45. The molecule has 1 aliphatic rings. The number of hydrogen-bond donors (Lipinski definition) is 2. The minimum Gasteiger partial charge on any atom is -0.453 e. The molecule has 0 bridgehead atoms. The lowest BCUT2D eigenvalue weighted by molar-refractivity contribution is 0.176. The summed E-state index contributed by atoms with van der Waals surface area (Å²) < 4.78 is 4.51. The number of ether oxygens (including phenoxy) is 1. The number of guanidine groups is 1. The molecule has 0 saturated carbocycles. The molecule has 1 unspecified atom stereocenters. The number of rotatable bonds is 1. The van der Waals surface area contributed by atoms with Gasteiger partial charge in [0.25, 0.3) is 0 Å². The molecule has 2 rings (SSSR count). The van der Waals surface area contributed by atoms with Crippen molar-refractivity contribution in [3.63, 3.8) is 0 Å². The Hall–Kier alpha value is -2.04. The van der Waals surface area contributed by atoms with Crippen molar-refractivity contribution in [2.75, 3.05) is 20.2 Å². The van der Waals surface area contributed by atoms with E-state index in [2.05, 4.69) is 39.4 Å². The van der Waals surface area contributed by atoms with E-state index in [9.17, 15) is 4.79 Å². The molecular formula is C13H17N3O2. The molecule has 0 saturated heterocycles. The van der Waals surface area contributed by atoms with Crippen LogP contribution in [0.1, 0.15) is 17.0 Å². The van der Waals surface area contributed by atoms with E-state index in [1.807, 2.05) is 12.1 Å². The fourth-order valence-electron chi connectivity index (χ4n) is 2.03. The van der Waals surface area contributed by atoms with Crippen molar-refractivity contribution in [1.29, 1.82) is 0 Å². The fourth-order valence-corrected chi connectivity index (χ4v) is 2.03. The second-order valence-electron chi connectivity index (χ2n) is 4.24. The number of nitrogens with one attached hydrogen (secondary N) is 2. The highest BCUT2D eigenvalue weighted by molar-refractivity contribution is 5.94. The quantitative estimate of drug-likeness (QED) is 0.788. The first-order chi connectivity index (χ1) is 8.70. The van der Waals surface area contributed by atoms with Gasteiger partial charge in [0.15, 0.2) is 0 Å². The van der Waals surface area contributed by atoms with Crippen molar-refractivity contribution in [2.45, 2.75) is 12.8 Å². The highest BCUT2D eigenvalue weighted by atomic mass is 16.5. The number of benzene rings is 1. The minimum absolute atomic E-state index is 0.342. The second-order valence-corrected chi connectivity index (χ2v) is 4.24. The number of alkyl carbamates (subject to hydrolysis) is 1. The van der Waals surface area contributed by atoms with E-state index in [4.69, 9.17) is 0 Å². The molecule has 0 spiro atoms. The molecule has 0 fully saturated rings. The van der Waals surface area contributed by atoms with Crippen LogP contribution in [0, 0.1) is 6.92 Å². The molecule has 0 radical (unpaired) electrons. The van der Waals surface area contributed by atoms with Crippen LogP contribution in [0.2, 0.25) is 0 Å². The fraction of sp³-hybridized carbons (Fsp3) is 0.385. The monoisotopic (exact) mass is 247 g/mol. The number of carbonyl (C=O) groups excluding carboxylic acids is 1. The van der Waals surface area contributed by atoms with Crippen LogP contribution >= 0.6 is 0 Å². The summed E-state index contributed by atoms with van der Waals surface area (Å²) in [6, 6.07) is 8.29. The van der Waals surface area contributed by atoms with Crippen LogP contribution in [0.5, 0.6) is 0 Å². The molecule has 1 amide bonds. The van der Waals surface area contributed by atoms with Crippen LogP contribution in [0.4, 0.5) is 4.79 Å². The standard InChI is InChI=1S/C13H17N3O2/c1-9-5-3-4-6-11(9)10-7-14-12(15-8-10)16-13(17)18-2/h3-6,10H,7-8H2,1-2H3,(H2,14,15,16,17). The van der Waals surface area contributed by atoms with Crippen molar-refractivity contribution in [2.24, 2.45) is 4.99 Å². The van der Waals surface area contributed by atoms with E-state index < -0.39 is 6.09 Å². The van der Waals surface area contributed by atoms with Crippen LogP contribution in [0.3, 0.4) is 0 Å². The number of nitrogens with zero attached hydrogens (tertiary/aromatic N) is 1. The molecule has 1 aliphatic heterocycles. The Labute approximate surface area is 106 Å². The zero-order valence-electron chi connectivity index (χ0n) is 10.6. The maximum atomic E-state index is 11.0. The summed E-state index contributed by atoms with van der Waals surface area (Å²) in [6.45, 7) is 3.52. The maximum Gasteiger partial charge on any atom is 0.413 e. The summed E-state index contributed by atoms with van der Waals surface area (Å²) in [4.78, 5) is 15.3. The largest absolute Gasteiger partial charge is 0.453 e. The van der Waals surface area contributed by atoms with Crippen molar-refractivity contribution in [3.05, 3.63) is 35.4 Å². The van der Waals surface area contributed by atoms with Crippen LogP contribution in [-0.4, -0.2) is 32.3 Å². The SMILES string of the molecule is COC(=O)NC1=NCC(c2ccccc2C)CN1. The Morgan fingerprint density at radius 1 is 1.50 bits per heavy atom. The molecule has 18 heavy (non-hydrogen) atoms. The van der Waals surface area contributed by atoms with E-state index in [1.165, 1.54) is 18.2 Å². The van der Waals surface area contributed by atoms with Gasteiger partial charge in [-0.1, -0.05) is 24.3 Å². The Bertz CT molecular complexity index is 471. The van der Waals surface area contributed by atoms with Crippen LogP contribution in [0.25, 0.3) is 0 Å². The summed E-state index contributed by atoms with van der Waals surface area (Å²) in [5.74, 6) is 0.820. The van der Waals surface area contributed by atoms with Gasteiger partial charge in [-0.15, -0.1) is 0 Å². The molecule has 5 heteroatoms. The molecule has 96 valence electrons. The third kappa shape index (κ3) is 2.80. The van der Waals surface area contributed by atoms with E-state index in [0.717, 1.165) is 6.54 Å². The van der Waals surface area contributed by atoms with Gasteiger partial charge in [-0.2, -0.15) is 0 Å². The van der Waals surface area contributed by atoms with Gasteiger partial charge < -0.3 is 10.1 Å². The van der Waals surface area contributed by atoms with Gasteiger partial charge >= 0.3 is 6.09 Å². The van der Waals surface area contributed by atoms with Crippen LogP contribution in [0.15, 0.2) is 29.3 Å². The van der Waals surface area contributed by atoms with E-state index in [1.54, 1.807) is 0 Å². The van der Waals surface area contributed by atoms with Gasteiger partial charge in [-0.3, -0.25) is 10.3 Å². The number of carbonyl (C=O) groups is 1. The molecule has 1 atom stereocenters. The first-order valence-corrected chi connectivity index (χ1v) is 5.89. The second kappa shape index (κ2) is 5.53. The van der Waals surface area contributed by atoms with E-state index in [-0.39, 0.29) is 0 Å². The lowest BCUT2D eigenvalue weighted by atomic mass is 9.94. The molecule has 0 aliphatic carbocycles. The summed E-state index contributed by atoms with van der Waals surface area (Å²) in [5, 5.41) is 5.63. The first kappa shape index (κ1) is 12.4. The Morgan fingerprint density at radius 3 is 2.89 bits per heavy atom. The maximum absolute atomic E-state index is 11.0. The number of hydrogen-bond acceptors (Lipinski definition) is 4. The average molecular weight is 247 g/mol. The van der Waals surface area contributed by atoms with Gasteiger partial charge in [0.2, 0.25) is 5.96 Å². The third-order valence-corrected chi connectivity index (χ3v) is 3.02. The van der Waals surface area contributed by atoms with Crippen molar-refractivity contribution < 1.29 is 9.53 Å². The van der Waals surface area contributed by atoms with Gasteiger partial charge in [0.1, 0.15) is 0 Å². The normalized spacial score (nSPS) is 18.6. The molecular weight excluding hydrogens is 230 g/mol. The topological polar surface area (TPSA) is 62.7 Å². The zero-order chi connectivity index (χ0) is 13.0. The zero-order valence-corrected chi connectivity index (χ0v) is 10.6. The van der Waals surface area contributed by atoms with E-state index in [0.29, 0.717) is 18.4 Å². The Kier molecular flexibility index (Phi) is 3.82. The minimum atomic E-state index is -0.504. The Morgan fingerprint density at radius 2 is 2.28 bits per heavy atom. The highest BCUT2D eigenvalue weighted by Crippen LogP contribution is 2.20. The van der Waals surface area contributed by atoms with Crippen molar-refractivity contribution in [3.8, 4) is 0 Å². The van der Waals surface area contributed by atoms with Gasteiger partial charge in [-0.25, -0.2) is 4.79 Å². The summed E-state index contributed by atoms with van der Waals surface area (Å²) in [6.07, 6.45) is -0.504. The predicted octanol–water partition coefficient (Wildman–Crippen LogP) is 1.39. The molecule has 5 nitrogen and oxygen atoms in total. The summed E-state index contributed by atoms with van der Waals surface area (Å²) in [5.41, 5.74) is 2.56. The molecule has 0 aromatic heterocycles. The first-order valence-electron chi connectivity index (χ1n) is 5.89. The highest BCUT2D eigenvalue weighted by Gasteiger charge is 2.19. The summed E-state index contributed by atoms with van der Waals surface area (Å²) in [7, 11) is 1.33. The van der Waals surface area contributed by atoms with Gasteiger partial charge in [0.05, 0.1) is 13.7 Å². The van der Waals surface area contributed by atoms with Gasteiger partial charge in [0, 0.05) is 12.5 Å². The number of aryl methyl sites for hydroxylation is 1. The number of amides is 1. The smallest absolute Gasteiger partial charge is 0.413 e. The molecule has 1 aromatic rings. The average Bonchev–Trinajstić information content (AvgIpc) is 2.40. The Balaban J connectivity index is 2.02. The molecule has 2 N–H and O–H groups in total. The lowest BCUT2D eigenvalue weighted by Gasteiger charge is -2.24. The predicted molar refractivity (Wildman–Crippen MR) is 69.8 cm³/mol. The van der Waals surface area contributed by atoms with Crippen molar-refractivity contribution >= 4 is 12.1 Å². The van der Waals surface area contributed by atoms with E-state index >= 15 is 0 Å². The number of methoxy groups -OCH3 is 1. The number of aliphatic imine (C=N–C) groups is 1. The van der Waals surface area contributed by atoms with Crippen molar-refractivity contribution in [1.82, 2.24) is 10.6 Å². The van der Waals surface area contributed by atoms with Crippen LogP contribution in [-0.2, 0) is 4.74 Å².